The lowest BCUT2D eigenvalue weighted by Crippen LogP contribution is -2.17. The van der Waals surface area contributed by atoms with Crippen LogP contribution in [0.25, 0.3) is 11.1 Å². The van der Waals surface area contributed by atoms with E-state index in [9.17, 15) is 18.0 Å². The third-order valence-corrected chi connectivity index (χ3v) is 6.37. The summed E-state index contributed by atoms with van der Waals surface area (Å²) in [5, 5.41) is 8.44. The molecule has 4 rings (SSSR count). The van der Waals surface area contributed by atoms with E-state index in [-0.39, 0.29) is 24.5 Å². The lowest BCUT2D eigenvalue weighted by atomic mass is 9.98. The number of primary sulfonamides is 1. The number of carbonyl (C=O) groups excluding carboxylic acids is 2. The topological polar surface area (TPSA) is 132 Å². The number of nitrogens with one attached hydrogen (secondary N) is 1. The number of aromatic nitrogens is 2. The highest BCUT2D eigenvalue weighted by atomic mass is 35.5. The predicted molar refractivity (Wildman–Crippen MR) is 139 cm³/mol. The Kier molecular flexibility index (Phi) is 8.31. The number of hydrogen-bond acceptors (Lipinski definition) is 6. The van der Waals surface area contributed by atoms with Crippen molar-refractivity contribution < 1.29 is 18.0 Å². The molecule has 8 nitrogen and oxygen atoms in total. The molecule has 36 heavy (non-hydrogen) atoms. The molecular weight excluding hydrogens is 500 g/mol. The van der Waals surface area contributed by atoms with Crippen LogP contribution in [0.5, 0.6) is 0 Å². The third kappa shape index (κ3) is 6.19. The Morgan fingerprint density at radius 1 is 0.944 bits per heavy atom. The van der Waals surface area contributed by atoms with E-state index in [2.05, 4.69) is 15.3 Å². The zero-order valence-corrected chi connectivity index (χ0v) is 19.8. The van der Waals surface area contributed by atoms with Gasteiger partial charge in [-0.2, -0.15) is 0 Å². The smallest absolute Gasteiger partial charge is 0.257 e. The van der Waals surface area contributed by atoms with E-state index in [0.717, 1.165) is 0 Å². The second-order valence-corrected chi connectivity index (χ2v) is 9.53. The number of sulfonamides is 1. The Morgan fingerprint density at radius 2 is 1.67 bits per heavy atom. The zero-order chi connectivity index (χ0) is 25.0. The molecule has 2 aromatic carbocycles. The van der Waals surface area contributed by atoms with Gasteiger partial charge in [-0.1, -0.05) is 61.5 Å². The van der Waals surface area contributed by atoms with Crippen molar-refractivity contribution in [1.82, 2.24) is 9.97 Å². The van der Waals surface area contributed by atoms with Crippen molar-refractivity contribution in [3.05, 3.63) is 107 Å². The van der Waals surface area contributed by atoms with Crippen LogP contribution in [0.4, 0.5) is 5.82 Å². The Balaban J connectivity index is 0.00000361. The van der Waals surface area contributed by atoms with Gasteiger partial charge in [0.05, 0.1) is 9.92 Å². The van der Waals surface area contributed by atoms with Gasteiger partial charge < -0.3 is 5.32 Å². The number of carbonyl (C=O) groups is 2. The maximum absolute atomic E-state index is 13.0. The summed E-state index contributed by atoms with van der Waals surface area (Å²) in [7, 11) is -3.91. The first kappa shape index (κ1) is 26.7. The van der Waals surface area contributed by atoms with E-state index in [1.165, 1.54) is 30.7 Å². The molecule has 0 aliphatic rings. The van der Waals surface area contributed by atoms with Crippen LogP contribution in [0, 0.1) is 0 Å². The van der Waals surface area contributed by atoms with Crippen LogP contribution in [-0.4, -0.2) is 30.1 Å². The number of amides is 1. The average molecular weight is 523 g/mol. The highest BCUT2D eigenvalue weighted by molar-refractivity contribution is 7.89. The molecule has 0 unspecified atom stereocenters. The Labute approximate surface area is 214 Å². The molecule has 0 radical (unpaired) electrons. The van der Waals surface area contributed by atoms with Gasteiger partial charge in [-0.3, -0.25) is 14.6 Å². The summed E-state index contributed by atoms with van der Waals surface area (Å²) >= 11 is 5.82. The van der Waals surface area contributed by atoms with Crippen LogP contribution in [0.1, 0.15) is 33.7 Å². The van der Waals surface area contributed by atoms with Crippen molar-refractivity contribution >= 4 is 39.1 Å². The average Bonchev–Trinajstić information content (AvgIpc) is 2.85. The summed E-state index contributed by atoms with van der Waals surface area (Å²) in [5.74, 6) is -0.341. The molecule has 0 atom stereocenters. The summed E-state index contributed by atoms with van der Waals surface area (Å²) in [5.41, 5.74) is 2.19. The number of nitrogens with two attached hydrogens (primary N) is 1. The van der Waals surface area contributed by atoms with Gasteiger partial charge in [-0.15, -0.1) is 0 Å². The van der Waals surface area contributed by atoms with Crippen molar-refractivity contribution in [3.63, 3.8) is 0 Å². The van der Waals surface area contributed by atoms with Gasteiger partial charge >= 0.3 is 0 Å². The minimum Gasteiger partial charge on any atom is -0.307 e. The SMILES string of the molecule is C.NS(=O)(=O)c1ccccc1-c1ccc(C(=O)Cc2cnccc2C(=O)Nc2ccc(Cl)cn2)cc1. The fourth-order valence-corrected chi connectivity index (χ4v) is 4.36. The molecule has 2 heterocycles. The van der Waals surface area contributed by atoms with Gasteiger partial charge in [-0.05, 0) is 35.4 Å². The summed E-state index contributed by atoms with van der Waals surface area (Å²) in [4.78, 5) is 33.8. The third-order valence-electron chi connectivity index (χ3n) is 5.18. The van der Waals surface area contributed by atoms with E-state index in [1.807, 2.05) is 0 Å². The van der Waals surface area contributed by atoms with Gasteiger partial charge in [0.25, 0.3) is 5.91 Å². The first-order chi connectivity index (χ1) is 16.7. The molecule has 184 valence electrons. The van der Waals surface area contributed by atoms with Gasteiger partial charge in [-0.25, -0.2) is 18.5 Å². The van der Waals surface area contributed by atoms with Crippen LogP contribution in [-0.2, 0) is 16.4 Å². The first-order valence-electron chi connectivity index (χ1n) is 10.3. The van der Waals surface area contributed by atoms with E-state index in [0.29, 0.717) is 38.7 Å². The van der Waals surface area contributed by atoms with Gasteiger partial charge in [0, 0.05) is 41.7 Å². The second kappa shape index (κ2) is 11.2. The Morgan fingerprint density at radius 3 is 2.33 bits per heavy atom. The first-order valence-corrected chi connectivity index (χ1v) is 12.3. The number of halogens is 1. The Hall–Kier alpha value is -3.92. The number of ketones is 1. The summed E-state index contributed by atoms with van der Waals surface area (Å²) in [6.07, 6.45) is 4.30. The molecule has 0 saturated carbocycles. The summed E-state index contributed by atoms with van der Waals surface area (Å²) in [6.45, 7) is 0. The zero-order valence-electron chi connectivity index (χ0n) is 18.2. The number of benzene rings is 2. The fourth-order valence-electron chi connectivity index (χ4n) is 3.49. The molecule has 1 amide bonds. The van der Waals surface area contributed by atoms with E-state index in [4.69, 9.17) is 16.7 Å². The molecule has 0 aliphatic heterocycles. The number of Topliss-reactive ketones (excluding diaryl/α,β-unsaturated/α-hetero) is 1. The van der Waals surface area contributed by atoms with Crippen molar-refractivity contribution in [2.75, 3.05) is 5.32 Å². The van der Waals surface area contributed by atoms with Crippen LogP contribution < -0.4 is 10.5 Å². The van der Waals surface area contributed by atoms with Gasteiger partial charge in [0.2, 0.25) is 10.0 Å². The van der Waals surface area contributed by atoms with E-state index >= 15 is 0 Å². The van der Waals surface area contributed by atoms with Crippen molar-refractivity contribution in [3.8, 4) is 11.1 Å². The minimum absolute atomic E-state index is 0. The number of anilines is 1. The van der Waals surface area contributed by atoms with E-state index in [1.54, 1.807) is 54.6 Å². The molecule has 3 N–H and O–H groups in total. The number of nitrogens with zero attached hydrogens (tertiary/aromatic N) is 2. The molecule has 0 aliphatic carbocycles. The lowest BCUT2D eigenvalue weighted by molar-refractivity contribution is 0.0992. The van der Waals surface area contributed by atoms with Crippen LogP contribution >= 0.6 is 11.6 Å². The molecule has 10 heteroatoms. The summed E-state index contributed by atoms with van der Waals surface area (Å²) < 4.78 is 23.8. The minimum atomic E-state index is -3.91. The van der Waals surface area contributed by atoms with Crippen LogP contribution in [0.3, 0.4) is 0 Å². The monoisotopic (exact) mass is 522 g/mol. The van der Waals surface area contributed by atoms with Crippen molar-refractivity contribution in [2.45, 2.75) is 18.7 Å². The summed E-state index contributed by atoms with van der Waals surface area (Å²) in [6, 6.07) is 17.6. The molecular formula is C26H23ClN4O4S. The largest absolute Gasteiger partial charge is 0.307 e. The standard InChI is InChI=1S/C25H19ClN4O4S.CH4/c26-19-9-10-24(29-15-19)30-25(32)21-11-12-28-14-18(21)13-22(31)17-7-5-16(6-8-17)20-3-1-2-4-23(20)35(27,33)34;/h1-12,14-15H,13H2,(H2,27,33,34)(H,29,30,32);1H4. The van der Waals surface area contributed by atoms with Gasteiger partial charge in [0.15, 0.2) is 5.78 Å². The highest BCUT2D eigenvalue weighted by Gasteiger charge is 2.18. The second-order valence-electron chi connectivity index (χ2n) is 7.57. The molecule has 0 spiro atoms. The van der Waals surface area contributed by atoms with Crippen molar-refractivity contribution in [2.24, 2.45) is 5.14 Å². The van der Waals surface area contributed by atoms with Crippen LogP contribution in [0.15, 0.2) is 90.2 Å². The number of hydrogen-bond donors (Lipinski definition) is 2. The number of pyridine rings is 2. The van der Waals surface area contributed by atoms with Crippen LogP contribution in [0.2, 0.25) is 5.02 Å². The quantitative estimate of drug-likeness (QED) is 0.336. The highest BCUT2D eigenvalue weighted by Crippen LogP contribution is 2.27. The maximum atomic E-state index is 13.0. The number of rotatable bonds is 7. The molecule has 0 fully saturated rings. The molecule has 2 aromatic heterocycles. The lowest BCUT2D eigenvalue weighted by Gasteiger charge is -2.10. The molecule has 0 saturated heterocycles. The van der Waals surface area contributed by atoms with E-state index < -0.39 is 15.9 Å². The van der Waals surface area contributed by atoms with Gasteiger partial charge in [0.1, 0.15) is 5.82 Å². The fraction of sp³-hybridized carbons (Fsp3) is 0.0769. The molecule has 0 bridgehead atoms. The predicted octanol–water partition coefficient (Wildman–Crippen LogP) is 4.76. The molecule has 4 aromatic rings. The Bertz CT molecular complexity index is 1510. The maximum Gasteiger partial charge on any atom is 0.257 e. The van der Waals surface area contributed by atoms with Crippen molar-refractivity contribution in [1.29, 1.82) is 0 Å². The normalized spacial score (nSPS) is 10.8.